The van der Waals surface area contributed by atoms with Gasteiger partial charge < -0.3 is 29.5 Å². The lowest BCUT2D eigenvalue weighted by Crippen LogP contribution is -2.60. The minimum absolute atomic E-state index is 0.0174. The molecule has 0 bridgehead atoms. The van der Waals surface area contributed by atoms with Crippen LogP contribution in [0, 0.1) is 0 Å². The largest absolute Gasteiger partial charge is 0.480 e. The summed E-state index contributed by atoms with van der Waals surface area (Å²) in [6.45, 7) is 1.26. The molecule has 4 unspecified atom stereocenters. The number of carbonyl (C=O) groups is 1. The average molecular weight is 439 g/mol. The summed E-state index contributed by atoms with van der Waals surface area (Å²) in [4.78, 5) is 11.7. The van der Waals surface area contributed by atoms with Crippen molar-refractivity contribution in [2.75, 3.05) is 7.11 Å². The number of aliphatic hydroxyl groups is 2. The van der Waals surface area contributed by atoms with Crippen molar-refractivity contribution >= 4 is 17.7 Å². The maximum atomic E-state index is 10.9. The number of carboxylic acid groups (broad SMARTS) is 1. The van der Waals surface area contributed by atoms with Gasteiger partial charge in [-0.25, -0.2) is 4.68 Å². The zero-order valence-electron chi connectivity index (χ0n) is 16.6. The maximum absolute atomic E-state index is 10.9. The topological polar surface area (TPSA) is 136 Å². The molecule has 2 heterocycles. The van der Waals surface area contributed by atoms with Crippen LogP contribution in [0.5, 0.6) is 0 Å². The Morgan fingerprint density at radius 3 is 2.70 bits per heavy atom. The third-order valence-electron chi connectivity index (χ3n) is 4.60. The third-order valence-corrected chi connectivity index (χ3v) is 5.77. The molecule has 0 amide bonds. The second-order valence-corrected chi connectivity index (χ2v) is 8.08. The first-order valence-corrected chi connectivity index (χ1v) is 10.3. The Labute approximate surface area is 177 Å². The summed E-state index contributed by atoms with van der Waals surface area (Å²) >= 11 is 1.33. The zero-order chi connectivity index (χ0) is 21.7. The fourth-order valence-electron chi connectivity index (χ4n) is 3.23. The lowest BCUT2D eigenvalue weighted by Gasteiger charge is -2.44. The molecule has 3 rings (SSSR count). The van der Waals surface area contributed by atoms with E-state index in [0.717, 1.165) is 4.90 Å². The van der Waals surface area contributed by atoms with E-state index in [1.165, 1.54) is 29.8 Å². The van der Waals surface area contributed by atoms with E-state index in [0.29, 0.717) is 5.69 Å². The van der Waals surface area contributed by atoms with Crippen molar-refractivity contribution in [1.29, 1.82) is 0 Å². The van der Waals surface area contributed by atoms with Crippen LogP contribution in [0.4, 0.5) is 0 Å². The van der Waals surface area contributed by atoms with Crippen molar-refractivity contribution in [3.05, 3.63) is 42.2 Å². The first kappa shape index (κ1) is 22.7. The van der Waals surface area contributed by atoms with E-state index >= 15 is 0 Å². The first-order valence-electron chi connectivity index (χ1n) is 9.37. The molecule has 0 aliphatic carbocycles. The predicted molar refractivity (Wildman–Crippen MR) is 106 cm³/mol. The number of aliphatic hydroxyl groups excluding tert-OH is 2. The summed E-state index contributed by atoms with van der Waals surface area (Å²) in [5, 5.41) is 37.6. The minimum Gasteiger partial charge on any atom is -0.480 e. The molecule has 30 heavy (non-hydrogen) atoms. The van der Waals surface area contributed by atoms with Crippen LogP contribution < -0.4 is 0 Å². The van der Waals surface area contributed by atoms with Gasteiger partial charge in [0.05, 0.1) is 18.9 Å². The van der Waals surface area contributed by atoms with E-state index in [1.54, 1.807) is 6.92 Å². The molecule has 10 nitrogen and oxygen atoms in total. The van der Waals surface area contributed by atoms with Crippen LogP contribution in [0.2, 0.25) is 0 Å². The number of carboxylic acids is 1. The van der Waals surface area contributed by atoms with E-state index < -0.39 is 41.9 Å². The summed E-state index contributed by atoms with van der Waals surface area (Å²) in [6, 6.07) is 9.46. The third kappa shape index (κ3) is 5.56. The highest BCUT2D eigenvalue weighted by Crippen LogP contribution is 2.36. The Bertz CT molecular complexity index is 819. The van der Waals surface area contributed by atoms with E-state index in [4.69, 9.17) is 19.3 Å². The Hall–Kier alpha value is -2.02. The van der Waals surface area contributed by atoms with Crippen molar-refractivity contribution in [1.82, 2.24) is 15.0 Å². The fraction of sp³-hybridized carbons (Fsp3) is 0.526. The van der Waals surface area contributed by atoms with Gasteiger partial charge in [0.15, 0.2) is 0 Å². The smallest absolute Gasteiger partial charge is 0.325 e. The second kappa shape index (κ2) is 10.3. The van der Waals surface area contributed by atoms with Gasteiger partial charge in [-0.05, 0) is 19.1 Å². The molecule has 1 aromatic heterocycles. The SMILES string of the molecule is CO[C@H]1C(C(C)O)O[C@@H](Sc2ccccc2)C(O)C1OCc1cn(CC(=O)O)nn1. The highest BCUT2D eigenvalue weighted by atomic mass is 32.2. The average Bonchev–Trinajstić information content (AvgIpc) is 3.15. The van der Waals surface area contributed by atoms with Crippen molar-refractivity contribution in [3.8, 4) is 0 Å². The van der Waals surface area contributed by atoms with Crippen molar-refractivity contribution < 1.29 is 34.3 Å². The summed E-state index contributed by atoms with van der Waals surface area (Å²) in [6.07, 6.45) is -2.69. The molecule has 1 aliphatic rings. The number of methoxy groups -OCH3 is 1. The van der Waals surface area contributed by atoms with Gasteiger partial charge >= 0.3 is 5.97 Å². The second-order valence-electron chi connectivity index (χ2n) is 6.91. The molecule has 3 N–H and O–H groups in total. The van der Waals surface area contributed by atoms with Gasteiger partial charge in [0, 0.05) is 12.0 Å². The van der Waals surface area contributed by atoms with Gasteiger partial charge in [0.1, 0.15) is 42.1 Å². The van der Waals surface area contributed by atoms with Gasteiger partial charge in [-0.15, -0.1) is 5.10 Å². The molecular formula is C19H25N3O7S. The number of thioether (sulfide) groups is 1. The molecule has 164 valence electrons. The lowest BCUT2D eigenvalue weighted by molar-refractivity contribution is -0.241. The Balaban J connectivity index is 1.74. The van der Waals surface area contributed by atoms with Crippen molar-refractivity contribution in [2.45, 2.75) is 60.9 Å². The quantitative estimate of drug-likeness (QED) is 0.507. The highest BCUT2D eigenvalue weighted by molar-refractivity contribution is 7.99. The van der Waals surface area contributed by atoms with E-state index in [2.05, 4.69) is 10.3 Å². The first-order chi connectivity index (χ1) is 14.4. The van der Waals surface area contributed by atoms with Gasteiger partial charge in [-0.1, -0.05) is 35.2 Å². The van der Waals surface area contributed by atoms with E-state index in [-0.39, 0.29) is 13.2 Å². The number of nitrogens with zero attached hydrogens (tertiary/aromatic N) is 3. The Kier molecular flexibility index (Phi) is 7.81. The number of aliphatic carboxylic acids is 1. The van der Waals surface area contributed by atoms with E-state index in [1.807, 2.05) is 30.3 Å². The molecule has 0 saturated carbocycles. The Morgan fingerprint density at radius 1 is 1.33 bits per heavy atom. The van der Waals surface area contributed by atoms with Crippen LogP contribution in [0.1, 0.15) is 12.6 Å². The van der Waals surface area contributed by atoms with Crippen LogP contribution in [0.3, 0.4) is 0 Å². The molecule has 0 radical (unpaired) electrons. The molecule has 0 spiro atoms. The zero-order valence-corrected chi connectivity index (χ0v) is 17.4. The molecule has 1 fully saturated rings. The van der Waals surface area contributed by atoms with Gasteiger partial charge in [-0.3, -0.25) is 4.79 Å². The van der Waals surface area contributed by atoms with Crippen molar-refractivity contribution in [2.24, 2.45) is 0 Å². The molecule has 2 aromatic rings. The van der Waals surface area contributed by atoms with Gasteiger partial charge in [0.25, 0.3) is 0 Å². The minimum atomic E-state index is -1.05. The van der Waals surface area contributed by atoms with Crippen LogP contribution in [0.25, 0.3) is 0 Å². The number of hydrogen-bond donors (Lipinski definition) is 3. The molecule has 1 aromatic carbocycles. The summed E-state index contributed by atoms with van der Waals surface area (Å²) < 4.78 is 18.5. The number of ether oxygens (including phenoxy) is 3. The van der Waals surface area contributed by atoms with Crippen LogP contribution in [-0.2, 0) is 32.2 Å². The van der Waals surface area contributed by atoms with E-state index in [9.17, 15) is 15.0 Å². The number of aromatic nitrogens is 3. The normalized spacial score (nSPS) is 27.7. The predicted octanol–water partition coefficient (Wildman–Crippen LogP) is 0.522. The lowest BCUT2D eigenvalue weighted by atomic mass is 9.96. The van der Waals surface area contributed by atoms with Crippen molar-refractivity contribution in [3.63, 3.8) is 0 Å². The molecule has 6 atom stereocenters. The van der Waals surface area contributed by atoms with Crippen LogP contribution in [-0.4, -0.2) is 79.3 Å². The summed E-state index contributed by atoms with van der Waals surface area (Å²) in [5.41, 5.74) is -0.281. The molecule has 11 heteroatoms. The van der Waals surface area contributed by atoms with Gasteiger partial charge in [-0.2, -0.15) is 0 Å². The van der Waals surface area contributed by atoms with Gasteiger partial charge in [0.2, 0.25) is 0 Å². The van der Waals surface area contributed by atoms with Crippen LogP contribution >= 0.6 is 11.8 Å². The fourth-order valence-corrected chi connectivity index (χ4v) is 4.29. The summed E-state index contributed by atoms with van der Waals surface area (Å²) in [7, 11) is 1.46. The molecule has 1 aliphatic heterocycles. The molecular weight excluding hydrogens is 414 g/mol. The summed E-state index contributed by atoms with van der Waals surface area (Å²) in [5.74, 6) is -1.03. The highest BCUT2D eigenvalue weighted by Gasteiger charge is 2.48. The number of hydrogen-bond acceptors (Lipinski definition) is 9. The monoisotopic (exact) mass is 439 g/mol. The molecule has 1 saturated heterocycles. The number of benzene rings is 1. The standard InChI is InChI=1S/C19H25N3O7S/c1-11(23)16-18(27-2)17(28-10-12-8-22(21-20-12)9-14(24)25)15(26)19(29-16)30-13-6-4-3-5-7-13/h3-8,11,15-19,23,26H,9-10H2,1-2H3,(H,24,25)/t11?,15?,16?,17?,18-,19-/m0/s1. The van der Waals surface area contributed by atoms with Crippen LogP contribution in [0.15, 0.2) is 41.4 Å². The number of rotatable bonds is 9. The Morgan fingerprint density at radius 2 is 2.07 bits per heavy atom. The maximum Gasteiger partial charge on any atom is 0.325 e.